The molecule has 0 aliphatic carbocycles. The second kappa shape index (κ2) is 5.13. The van der Waals surface area contributed by atoms with Gasteiger partial charge < -0.3 is 15.0 Å². The highest BCUT2D eigenvalue weighted by atomic mass is 19.3. The summed E-state index contributed by atoms with van der Waals surface area (Å²) in [5, 5.41) is 19.2. The minimum absolute atomic E-state index is 0.163. The molecule has 86 valence electrons. The zero-order chi connectivity index (χ0) is 11.4. The maximum Gasteiger partial charge on any atom is 0.265 e. The lowest BCUT2D eigenvalue weighted by Crippen LogP contribution is -2.32. The first-order valence-corrected chi connectivity index (χ1v) is 4.54. The summed E-state index contributed by atoms with van der Waals surface area (Å²) in [4.78, 5) is 0. The van der Waals surface area contributed by atoms with Crippen LogP contribution in [-0.2, 0) is 13.6 Å². The highest BCUT2D eigenvalue weighted by molar-refractivity contribution is 4.91. The molecule has 0 amide bonds. The smallest absolute Gasteiger partial charge is 0.265 e. The van der Waals surface area contributed by atoms with Gasteiger partial charge in [-0.05, 0) is 6.92 Å². The maximum atomic E-state index is 11.9. The van der Waals surface area contributed by atoms with Crippen LogP contribution in [0.1, 0.15) is 11.6 Å². The largest absolute Gasteiger partial charge is 0.386 e. The quantitative estimate of drug-likeness (QED) is 0.723. The Morgan fingerprint density at radius 1 is 1.47 bits per heavy atom. The maximum absolute atomic E-state index is 11.9. The topological polar surface area (TPSA) is 63.0 Å². The Hall–Kier alpha value is -1.08. The van der Waals surface area contributed by atoms with Gasteiger partial charge in [-0.3, -0.25) is 0 Å². The van der Waals surface area contributed by atoms with E-state index in [0.29, 0.717) is 12.4 Å². The highest BCUT2D eigenvalue weighted by Gasteiger charge is 2.16. The summed E-state index contributed by atoms with van der Waals surface area (Å²) in [5.74, 6) is 1.40. The number of hydrogen-bond donors (Lipinski definition) is 2. The third kappa shape index (κ3) is 3.21. The molecule has 1 aromatic rings. The molecule has 1 rings (SSSR count). The number of hydrogen-bond acceptors (Lipinski definition) is 4. The fraction of sp³-hybridized carbons (Fsp3) is 0.750. The van der Waals surface area contributed by atoms with E-state index < -0.39 is 12.5 Å². The van der Waals surface area contributed by atoms with Gasteiger partial charge in [-0.1, -0.05) is 0 Å². The first-order chi connectivity index (χ1) is 7.02. The molecular weight excluding hydrogens is 206 g/mol. The van der Waals surface area contributed by atoms with E-state index in [-0.39, 0.29) is 6.54 Å². The van der Waals surface area contributed by atoms with Crippen LogP contribution in [0.2, 0.25) is 0 Å². The molecule has 0 aliphatic rings. The molecule has 0 bridgehead atoms. The van der Waals surface area contributed by atoms with Crippen LogP contribution in [-0.4, -0.2) is 38.9 Å². The van der Waals surface area contributed by atoms with Gasteiger partial charge in [-0.25, -0.2) is 8.78 Å². The second-order valence-corrected chi connectivity index (χ2v) is 3.26. The fourth-order valence-electron chi connectivity index (χ4n) is 1.03. The number of nitrogens with one attached hydrogen (secondary N) is 1. The van der Waals surface area contributed by atoms with Crippen LogP contribution in [0.25, 0.3) is 0 Å². The van der Waals surface area contributed by atoms with Crippen LogP contribution >= 0.6 is 0 Å². The van der Waals surface area contributed by atoms with Gasteiger partial charge in [0.1, 0.15) is 17.8 Å². The molecule has 0 aromatic carbocycles. The van der Waals surface area contributed by atoms with Gasteiger partial charge in [0.15, 0.2) is 0 Å². The molecule has 1 atom stereocenters. The summed E-state index contributed by atoms with van der Waals surface area (Å²) < 4.78 is 25.6. The summed E-state index contributed by atoms with van der Waals surface area (Å²) >= 11 is 0. The molecule has 1 aromatic heterocycles. The van der Waals surface area contributed by atoms with Gasteiger partial charge in [-0.2, -0.15) is 0 Å². The Kier molecular flexibility index (Phi) is 4.10. The van der Waals surface area contributed by atoms with Crippen LogP contribution in [0.3, 0.4) is 0 Å². The second-order valence-electron chi connectivity index (χ2n) is 3.26. The van der Waals surface area contributed by atoms with Gasteiger partial charge in [0.05, 0.1) is 6.54 Å². The molecule has 0 saturated carbocycles. The molecule has 15 heavy (non-hydrogen) atoms. The van der Waals surface area contributed by atoms with Crippen molar-refractivity contribution in [2.24, 2.45) is 7.05 Å². The molecule has 0 fully saturated rings. The number of aliphatic hydroxyl groups excluding tert-OH is 1. The van der Waals surface area contributed by atoms with E-state index in [2.05, 4.69) is 15.5 Å². The van der Waals surface area contributed by atoms with Crippen molar-refractivity contribution in [3.05, 3.63) is 11.6 Å². The molecule has 0 radical (unpaired) electrons. The molecule has 1 unspecified atom stereocenters. The summed E-state index contributed by atoms with van der Waals surface area (Å²) in [5.41, 5.74) is 0. The summed E-state index contributed by atoms with van der Waals surface area (Å²) in [6.45, 7) is 1.94. The Balaban J connectivity index is 2.35. The molecule has 5 nitrogen and oxygen atoms in total. The van der Waals surface area contributed by atoms with Gasteiger partial charge in [0, 0.05) is 13.6 Å². The van der Waals surface area contributed by atoms with Crippen molar-refractivity contribution < 1.29 is 13.9 Å². The number of aryl methyl sites for hydroxylation is 1. The summed E-state index contributed by atoms with van der Waals surface area (Å²) in [6, 6.07) is 0. The minimum atomic E-state index is -2.72. The molecular formula is C8H14F2N4O. The summed E-state index contributed by atoms with van der Waals surface area (Å²) in [6.07, 6.45) is -4.36. The van der Waals surface area contributed by atoms with Gasteiger partial charge in [0.2, 0.25) is 0 Å². The van der Waals surface area contributed by atoms with Crippen molar-refractivity contribution in [2.45, 2.75) is 26.0 Å². The van der Waals surface area contributed by atoms with Crippen molar-refractivity contribution in [2.75, 3.05) is 6.54 Å². The average molecular weight is 220 g/mol. The average Bonchev–Trinajstić information content (AvgIpc) is 2.49. The first kappa shape index (κ1) is 12.0. The number of halogens is 2. The SMILES string of the molecule is Cc1nnc(CNCC(O)C(F)F)n1C. The fourth-order valence-corrected chi connectivity index (χ4v) is 1.03. The number of aromatic nitrogens is 3. The van der Waals surface area contributed by atoms with Crippen molar-refractivity contribution in [3.8, 4) is 0 Å². The van der Waals surface area contributed by atoms with E-state index in [1.165, 1.54) is 0 Å². The predicted molar refractivity (Wildman–Crippen MR) is 49.5 cm³/mol. The Labute approximate surface area is 86.1 Å². The molecule has 7 heteroatoms. The van der Waals surface area contributed by atoms with Crippen LogP contribution in [0, 0.1) is 6.92 Å². The van der Waals surface area contributed by atoms with Crippen molar-refractivity contribution in [3.63, 3.8) is 0 Å². The Morgan fingerprint density at radius 3 is 2.60 bits per heavy atom. The zero-order valence-electron chi connectivity index (χ0n) is 8.61. The van der Waals surface area contributed by atoms with Crippen LogP contribution in [0.15, 0.2) is 0 Å². The third-order valence-corrected chi connectivity index (χ3v) is 2.11. The van der Waals surface area contributed by atoms with Crippen molar-refractivity contribution in [1.29, 1.82) is 0 Å². The van der Waals surface area contributed by atoms with E-state index in [0.717, 1.165) is 5.82 Å². The molecule has 1 heterocycles. The highest BCUT2D eigenvalue weighted by Crippen LogP contribution is 2.00. The Morgan fingerprint density at radius 2 is 2.13 bits per heavy atom. The lowest BCUT2D eigenvalue weighted by atomic mass is 10.3. The monoisotopic (exact) mass is 220 g/mol. The molecule has 0 saturated heterocycles. The van der Waals surface area contributed by atoms with Crippen LogP contribution in [0.5, 0.6) is 0 Å². The van der Waals surface area contributed by atoms with Gasteiger partial charge >= 0.3 is 0 Å². The Bertz CT molecular complexity index is 316. The molecule has 0 aliphatic heterocycles. The predicted octanol–water partition coefficient (Wildman–Crippen LogP) is -0.161. The van der Waals surface area contributed by atoms with Crippen molar-refractivity contribution in [1.82, 2.24) is 20.1 Å². The number of rotatable bonds is 5. The van der Waals surface area contributed by atoms with Crippen LogP contribution < -0.4 is 5.32 Å². The number of aliphatic hydroxyl groups is 1. The van der Waals surface area contributed by atoms with E-state index in [1.54, 1.807) is 18.5 Å². The standard InChI is InChI=1S/C8H14F2N4O/c1-5-12-13-7(14(5)2)4-11-3-6(15)8(9)10/h6,8,11,15H,3-4H2,1-2H3. The lowest BCUT2D eigenvalue weighted by molar-refractivity contribution is -0.00350. The van der Waals surface area contributed by atoms with Crippen LogP contribution in [0.4, 0.5) is 8.78 Å². The third-order valence-electron chi connectivity index (χ3n) is 2.11. The van der Waals surface area contributed by atoms with E-state index in [9.17, 15) is 8.78 Å². The molecule has 0 spiro atoms. The zero-order valence-corrected chi connectivity index (χ0v) is 8.61. The van der Waals surface area contributed by atoms with Gasteiger partial charge in [0.25, 0.3) is 6.43 Å². The lowest BCUT2D eigenvalue weighted by Gasteiger charge is -2.10. The first-order valence-electron chi connectivity index (χ1n) is 4.54. The van der Waals surface area contributed by atoms with Crippen molar-refractivity contribution >= 4 is 0 Å². The number of nitrogens with zero attached hydrogens (tertiary/aromatic N) is 3. The normalized spacial score (nSPS) is 13.5. The molecule has 2 N–H and O–H groups in total. The van der Waals surface area contributed by atoms with E-state index in [4.69, 9.17) is 5.11 Å². The summed E-state index contributed by atoms with van der Waals surface area (Å²) in [7, 11) is 1.79. The van der Waals surface area contributed by atoms with E-state index >= 15 is 0 Å². The number of alkyl halides is 2. The van der Waals surface area contributed by atoms with E-state index in [1.807, 2.05) is 0 Å². The minimum Gasteiger partial charge on any atom is -0.386 e. The van der Waals surface area contributed by atoms with Gasteiger partial charge in [-0.15, -0.1) is 10.2 Å².